The van der Waals surface area contributed by atoms with Crippen molar-refractivity contribution >= 4 is 5.69 Å². The molecule has 0 heterocycles. The molecule has 15 heavy (non-hydrogen) atoms. The van der Waals surface area contributed by atoms with Crippen LogP contribution in [0.4, 0.5) is 5.69 Å². The fourth-order valence-corrected chi connectivity index (χ4v) is 1.49. The number of hydrogen-bond acceptors (Lipinski definition) is 3. The van der Waals surface area contributed by atoms with Crippen LogP contribution in [0.3, 0.4) is 0 Å². The Morgan fingerprint density at radius 2 is 1.53 bits per heavy atom. The van der Waals surface area contributed by atoms with Crippen LogP contribution in [0.15, 0.2) is 42.5 Å². The van der Waals surface area contributed by atoms with E-state index in [1.165, 1.54) is 12.1 Å². The standard InChI is InChI=1S/C12H11NO2/c13-9-6-7-10(14)11(12(9)15)8-4-2-1-3-5-8/h1-7,14-15H,13H2. The van der Waals surface area contributed by atoms with Gasteiger partial charge in [0, 0.05) is 0 Å². The zero-order chi connectivity index (χ0) is 10.8. The van der Waals surface area contributed by atoms with Crippen molar-refractivity contribution in [2.45, 2.75) is 0 Å². The molecule has 0 aromatic heterocycles. The van der Waals surface area contributed by atoms with Crippen LogP contribution in [0.5, 0.6) is 11.5 Å². The van der Waals surface area contributed by atoms with E-state index >= 15 is 0 Å². The van der Waals surface area contributed by atoms with E-state index in [-0.39, 0.29) is 17.2 Å². The molecule has 0 radical (unpaired) electrons. The highest BCUT2D eigenvalue weighted by Crippen LogP contribution is 2.40. The Bertz CT molecular complexity index is 480. The molecule has 2 aromatic carbocycles. The highest BCUT2D eigenvalue weighted by Gasteiger charge is 2.11. The Kier molecular flexibility index (Phi) is 2.21. The molecule has 3 heteroatoms. The molecule has 4 N–H and O–H groups in total. The molecule has 0 saturated heterocycles. The van der Waals surface area contributed by atoms with Gasteiger partial charge in [0.1, 0.15) is 11.5 Å². The van der Waals surface area contributed by atoms with E-state index in [2.05, 4.69) is 0 Å². The van der Waals surface area contributed by atoms with E-state index in [1.54, 1.807) is 12.1 Å². The van der Waals surface area contributed by atoms with Gasteiger partial charge >= 0.3 is 0 Å². The molecule has 2 rings (SSSR count). The second-order valence-electron chi connectivity index (χ2n) is 3.26. The molecule has 0 bridgehead atoms. The molecule has 0 fully saturated rings. The van der Waals surface area contributed by atoms with E-state index in [0.29, 0.717) is 5.56 Å². The maximum absolute atomic E-state index is 9.75. The molecular weight excluding hydrogens is 190 g/mol. The summed E-state index contributed by atoms with van der Waals surface area (Å²) in [6.07, 6.45) is 0. The van der Waals surface area contributed by atoms with E-state index in [1.807, 2.05) is 18.2 Å². The Morgan fingerprint density at radius 1 is 0.867 bits per heavy atom. The summed E-state index contributed by atoms with van der Waals surface area (Å²) >= 11 is 0. The van der Waals surface area contributed by atoms with Crippen molar-refractivity contribution in [2.24, 2.45) is 0 Å². The molecular formula is C12H11NO2. The average molecular weight is 201 g/mol. The molecule has 0 aliphatic carbocycles. The van der Waals surface area contributed by atoms with Gasteiger partial charge in [-0.25, -0.2) is 0 Å². The number of rotatable bonds is 1. The Labute approximate surface area is 87.4 Å². The van der Waals surface area contributed by atoms with Gasteiger partial charge < -0.3 is 15.9 Å². The fraction of sp³-hybridized carbons (Fsp3) is 0. The Morgan fingerprint density at radius 3 is 2.20 bits per heavy atom. The SMILES string of the molecule is Nc1ccc(O)c(-c2ccccc2)c1O. The van der Waals surface area contributed by atoms with Crippen molar-refractivity contribution in [3.8, 4) is 22.6 Å². The summed E-state index contributed by atoms with van der Waals surface area (Å²) in [4.78, 5) is 0. The first-order valence-corrected chi connectivity index (χ1v) is 4.56. The summed E-state index contributed by atoms with van der Waals surface area (Å²) in [5.74, 6) is -0.0610. The first-order valence-electron chi connectivity index (χ1n) is 4.56. The number of phenolic OH excluding ortho intramolecular Hbond substituents is 2. The lowest BCUT2D eigenvalue weighted by Crippen LogP contribution is -1.88. The van der Waals surface area contributed by atoms with Gasteiger partial charge in [-0.05, 0) is 17.7 Å². The van der Waals surface area contributed by atoms with Crippen molar-refractivity contribution in [3.05, 3.63) is 42.5 Å². The van der Waals surface area contributed by atoms with Gasteiger partial charge in [0.15, 0.2) is 0 Å². The van der Waals surface area contributed by atoms with Gasteiger partial charge in [0.2, 0.25) is 0 Å². The maximum Gasteiger partial charge on any atom is 0.150 e. The van der Waals surface area contributed by atoms with Crippen LogP contribution >= 0.6 is 0 Å². The normalized spacial score (nSPS) is 10.1. The van der Waals surface area contributed by atoms with Gasteiger partial charge in [-0.15, -0.1) is 0 Å². The van der Waals surface area contributed by atoms with E-state index < -0.39 is 0 Å². The minimum atomic E-state index is -0.0822. The van der Waals surface area contributed by atoms with Crippen LogP contribution < -0.4 is 5.73 Å². The van der Waals surface area contributed by atoms with Gasteiger partial charge in [-0.1, -0.05) is 30.3 Å². The predicted molar refractivity (Wildman–Crippen MR) is 59.6 cm³/mol. The van der Waals surface area contributed by atoms with Crippen LogP contribution in [-0.4, -0.2) is 10.2 Å². The van der Waals surface area contributed by atoms with E-state index in [0.717, 1.165) is 5.56 Å². The Hall–Kier alpha value is -2.16. The minimum Gasteiger partial charge on any atom is -0.507 e. The lowest BCUT2D eigenvalue weighted by atomic mass is 10.0. The number of aromatic hydroxyl groups is 2. The van der Waals surface area contributed by atoms with Gasteiger partial charge in [-0.3, -0.25) is 0 Å². The average Bonchev–Trinajstić information content (AvgIpc) is 2.26. The second-order valence-corrected chi connectivity index (χ2v) is 3.26. The van der Waals surface area contributed by atoms with Crippen LogP contribution in [0.2, 0.25) is 0 Å². The summed E-state index contributed by atoms with van der Waals surface area (Å²) in [5.41, 5.74) is 6.93. The van der Waals surface area contributed by atoms with Crippen LogP contribution in [0, 0.1) is 0 Å². The number of phenols is 2. The van der Waals surface area contributed by atoms with Crippen molar-refractivity contribution < 1.29 is 10.2 Å². The molecule has 0 aliphatic heterocycles. The van der Waals surface area contributed by atoms with Crippen molar-refractivity contribution in [1.82, 2.24) is 0 Å². The first kappa shape index (κ1) is 9.40. The highest BCUT2D eigenvalue weighted by atomic mass is 16.3. The molecule has 0 aliphatic rings. The minimum absolute atomic E-state index is 0.0212. The summed E-state index contributed by atoms with van der Waals surface area (Å²) in [7, 11) is 0. The topological polar surface area (TPSA) is 66.5 Å². The predicted octanol–water partition coefficient (Wildman–Crippen LogP) is 2.35. The third kappa shape index (κ3) is 1.59. The zero-order valence-electron chi connectivity index (χ0n) is 8.01. The van der Waals surface area contributed by atoms with Gasteiger partial charge in [0.25, 0.3) is 0 Å². The molecule has 0 atom stereocenters. The largest absolute Gasteiger partial charge is 0.507 e. The van der Waals surface area contributed by atoms with E-state index in [4.69, 9.17) is 5.73 Å². The van der Waals surface area contributed by atoms with E-state index in [9.17, 15) is 10.2 Å². The highest BCUT2D eigenvalue weighted by molar-refractivity contribution is 5.81. The molecule has 0 spiro atoms. The molecule has 76 valence electrons. The molecule has 3 nitrogen and oxygen atoms in total. The van der Waals surface area contributed by atoms with Crippen molar-refractivity contribution in [3.63, 3.8) is 0 Å². The van der Waals surface area contributed by atoms with Crippen LogP contribution in [0.1, 0.15) is 0 Å². The number of benzene rings is 2. The van der Waals surface area contributed by atoms with Crippen molar-refractivity contribution in [1.29, 1.82) is 0 Å². The Balaban J connectivity index is 2.68. The number of nitrogens with two attached hydrogens (primary N) is 1. The molecule has 2 aromatic rings. The van der Waals surface area contributed by atoms with Crippen LogP contribution in [-0.2, 0) is 0 Å². The molecule has 0 amide bonds. The summed E-state index contributed by atoms with van der Waals surface area (Å²) < 4.78 is 0. The van der Waals surface area contributed by atoms with Gasteiger partial charge in [0.05, 0.1) is 11.3 Å². The number of anilines is 1. The third-order valence-corrected chi connectivity index (χ3v) is 2.25. The summed E-state index contributed by atoms with van der Waals surface area (Å²) in [6.45, 7) is 0. The summed E-state index contributed by atoms with van der Waals surface area (Å²) in [5, 5.41) is 19.4. The van der Waals surface area contributed by atoms with Crippen molar-refractivity contribution in [2.75, 3.05) is 5.73 Å². The maximum atomic E-state index is 9.75. The van der Waals surface area contributed by atoms with Crippen LogP contribution in [0.25, 0.3) is 11.1 Å². The smallest absolute Gasteiger partial charge is 0.150 e. The number of nitrogen functional groups attached to an aromatic ring is 1. The summed E-state index contributed by atoms with van der Waals surface area (Å²) in [6, 6.07) is 12.1. The lowest BCUT2D eigenvalue weighted by molar-refractivity contribution is 0.456. The first-order chi connectivity index (χ1) is 7.20. The van der Waals surface area contributed by atoms with Gasteiger partial charge in [-0.2, -0.15) is 0 Å². The molecule has 0 unspecified atom stereocenters. The second kappa shape index (κ2) is 3.53. The molecule has 0 saturated carbocycles. The monoisotopic (exact) mass is 201 g/mol. The zero-order valence-corrected chi connectivity index (χ0v) is 8.01. The lowest BCUT2D eigenvalue weighted by Gasteiger charge is -2.09. The quantitative estimate of drug-likeness (QED) is 0.377. The third-order valence-electron chi connectivity index (χ3n) is 2.25. The number of hydrogen-bond donors (Lipinski definition) is 3. The fourth-order valence-electron chi connectivity index (χ4n) is 1.49.